The molecular weight excluding hydrogens is 1510 g/mol. The molecule has 2 saturated carbocycles. The molecule has 1 saturated heterocycles. The number of aromatic nitrogens is 7. The van der Waals surface area contributed by atoms with Gasteiger partial charge in [-0.2, -0.15) is 9.97 Å². The van der Waals surface area contributed by atoms with Gasteiger partial charge < -0.3 is 55.5 Å². The van der Waals surface area contributed by atoms with Crippen LogP contribution in [0, 0.1) is 22.3 Å². The second-order valence-corrected chi connectivity index (χ2v) is 35.3. The summed E-state index contributed by atoms with van der Waals surface area (Å²) in [5.41, 5.74) is 2.87. The summed E-state index contributed by atoms with van der Waals surface area (Å²) in [6.07, 6.45) is -1.29. The van der Waals surface area contributed by atoms with Crippen LogP contribution in [0.4, 0.5) is 35.1 Å². The van der Waals surface area contributed by atoms with Crippen LogP contribution in [0.5, 0.6) is 0 Å². The normalized spacial score (nSPS) is 21.9. The Hall–Kier alpha value is -3.50. The Kier molecular flexibility index (Phi) is 39.6. The Labute approximate surface area is 640 Å². The number of fused-ring (bicyclic) bond motifs is 1. The van der Waals surface area contributed by atoms with E-state index in [2.05, 4.69) is 61.4 Å². The second kappa shape index (κ2) is 42.6. The minimum absolute atomic E-state index is 0.00574. The number of anilines is 3. The lowest BCUT2D eigenvalue weighted by Gasteiger charge is -2.39. The fourth-order valence-corrected chi connectivity index (χ4v) is 13.8. The van der Waals surface area contributed by atoms with Gasteiger partial charge in [0.1, 0.15) is 42.2 Å². The maximum Gasteiger partial charge on any atom is 0.461 e. The molecule has 3 aromatic heterocycles. The zero-order valence-corrected chi connectivity index (χ0v) is 68.8. The number of hydrogen-bond donors (Lipinski definition) is 7. The van der Waals surface area contributed by atoms with Gasteiger partial charge in [-0.15, -0.1) is 69.6 Å². The van der Waals surface area contributed by atoms with Gasteiger partial charge in [0.2, 0.25) is 5.10 Å². The molecule has 4 heterocycles. The minimum atomic E-state index is -3.49. The van der Waals surface area contributed by atoms with Crippen molar-refractivity contribution in [3.8, 4) is 0 Å². The highest BCUT2D eigenvalue weighted by Crippen LogP contribution is 2.51. The maximum absolute atomic E-state index is 14.3. The van der Waals surface area contributed by atoms with E-state index < -0.39 is 79.2 Å². The van der Waals surface area contributed by atoms with E-state index in [1.165, 1.54) is 24.5 Å². The van der Waals surface area contributed by atoms with Gasteiger partial charge in [0, 0.05) is 134 Å². The number of nitrogens with zero attached hydrogens (tertiary/aromatic N) is 10. The van der Waals surface area contributed by atoms with Crippen molar-refractivity contribution >= 4 is 106 Å². The van der Waals surface area contributed by atoms with E-state index in [-0.39, 0.29) is 70.8 Å². The fourth-order valence-electron chi connectivity index (χ4n) is 10.3. The number of alkyl halides is 10. The number of rotatable bonds is 23. The second-order valence-electron chi connectivity index (χ2n) is 30.9. The molecule has 3 aliphatic rings. The van der Waals surface area contributed by atoms with Crippen LogP contribution in [-0.2, 0) is 23.3 Å². The van der Waals surface area contributed by atoms with Crippen LogP contribution in [0.2, 0.25) is 0 Å². The van der Waals surface area contributed by atoms with E-state index in [1.54, 1.807) is 49.7 Å². The first-order valence-electron chi connectivity index (χ1n) is 34.2. The van der Waals surface area contributed by atoms with Crippen LogP contribution in [0.1, 0.15) is 156 Å². The smallest absolute Gasteiger partial charge is 0.461 e. The molecule has 8 atom stereocenters. The lowest BCUT2D eigenvalue weighted by molar-refractivity contribution is -0.672. The van der Waals surface area contributed by atoms with Crippen LogP contribution in [-0.4, -0.2) is 219 Å². The van der Waals surface area contributed by atoms with Gasteiger partial charge in [0.15, 0.2) is 5.52 Å². The third kappa shape index (κ3) is 33.0. The molecule has 600 valence electrons. The van der Waals surface area contributed by atoms with Crippen molar-refractivity contribution in [2.45, 2.75) is 220 Å². The lowest BCUT2D eigenvalue weighted by atomic mass is 10.1. The first-order chi connectivity index (χ1) is 47.8. The quantitative estimate of drug-likeness (QED) is 0.00906. The van der Waals surface area contributed by atoms with Crippen LogP contribution in [0.15, 0.2) is 58.4 Å². The number of benzene rings is 1. The van der Waals surface area contributed by atoms with Gasteiger partial charge in [-0.1, -0.05) is 12.1 Å². The molecular formula is C67H115Cl6F4N14O12P. The Morgan fingerprint density at radius 2 is 1.13 bits per heavy atom. The van der Waals surface area contributed by atoms with Crippen molar-refractivity contribution in [2.75, 3.05) is 117 Å². The van der Waals surface area contributed by atoms with E-state index in [0.717, 1.165) is 35.3 Å². The Morgan fingerprint density at radius 3 is 1.56 bits per heavy atom. The largest absolute Gasteiger partial charge is 0.739 e. The molecule has 4 aromatic rings. The molecule has 0 radical (unpaired) electrons. The minimum Gasteiger partial charge on any atom is -0.739 e. The first kappa shape index (κ1) is 96.6. The molecule has 104 heavy (non-hydrogen) atoms. The number of hydrogen-bond acceptors (Lipinski definition) is 20. The molecule has 0 amide bonds. The summed E-state index contributed by atoms with van der Waals surface area (Å²) in [4.78, 5) is 35.9. The van der Waals surface area contributed by atoms with Crippen molar-refractivity contribution in [1.29, 1.82) is 0 Å². The summed E-state index contributed by atoms with van der Waals surface area (Å²) in [5.74, 6) is -5.05. The van der Waals surface area contributed by atoms with Crippen molar-refractivity contribution < 1.29 is 65.8 Å². The molecule has 37 heteroatoms. The SMILES string of the molecule is CC(C)(C)N(CCCl)CCCl.CC(C)(C)Nc1ccn(C2C[C@H](CO)[C@@H](O)C2(F)F)c(=O)n1.CC(C)(C)Nc1n[n+]([O-])c2ccccc2[n+]1[O-].CC(C)(C)OC1CCOP(=O)(N(CCCl)CCCl)N1.CC(C)(C)OCN(CCCl)CCCl.CC(C)(C)OC[C@H]1CC(n2ccc(N)nc2=O)C(F)(F)[C@@H]1O. The Bertz CT molecular complexity index is 3350. The first-order valence-corrected chi connectivity index (χ1v) is 39.0. The van der Waals surface area contributed by atoms with Crippen molar-refractivity contribution in [2.24, 2.45) is 11.8 Å². The summed E-state index contributed by atoms with van der Waals surface area (Å²) >= 11 is 34.1. The molecule has 8 N–H and O–H groups in total. The Balaban J connectivity index is 0.000000431. The third-order valence-electron chi connectivity index (χ3n) is 15.3. The maximum atomic E-state index is 14.3. The Morgan fingerprint density at radius 1 is 0.673 bits per heavy atom. The van der Waals surface area contributed by atoms with Crippen LogP contribution >= 0.6 is 77.3 Å². The molecule has 0 bridgehead atoms. The molecule has 3 fully saturated rings. The van der Waals surface area contributed by atoms with E-state index >= 15 is 0 Å². The zero-order valence-electron chi connectivity index (χ0n) is 63.4. The summed E-state index contributed by atoms with van der Waals surface area (Å²) < 4.78 is 96.0. The highest BCUT2D eigenvalue weighted by molar-refractivity contribution is 7.54. The van der Waals surface area contributed by atoms with Crippen LogP contribution in [0.25, 0.3) is 11.0 Å². The monoisotopic (exact) mass is 1620 g/mol. The predicted octanol–water partition coefficient (Wildman–Crippen LogP) is 11.0. The number of aliphatic hydroxyl groups is 3. The standard InChI is InChI=1S/2C14H21F2N3O3.C11H23Cl2N2O3P.C11H14N4O2.C9H19Cl2NO.C8H17Cl2N/c1-13(2,3)22-7-8-6-9(14(15,16)11(8)20)19-5-4-10(17)18-12(19)21;1-13(2,3)18-10-4-5-19(12(22)17-10)9-6-8(7-20)11(21)14(9,15)16;1-11(2,3)18-10-4-9-17-19(16,14-10)15(7-5-12)8-6-13;1-11(2,3)12-10-13-15(17)9-7-5-4-6-8(9)14(10)16;1-9(2,3)13-8-12(6-4-10)7-5-11;1-8(2,3)11(6-4-9)7-5-10/h4-5,8-9,11,20H,6-7H2,1-3H3,(H2,17,18,21);4-5,8-9,11,20-21H,6-7H2,1-3H3,(H,17,18,22);10H,4-9H2,1-3H3,(H,14,16);4-7H,1-3H3,(H,12,13);4-8H2,1-3H3;4-7H2,1-3H3/t2*8-,9?,11-;;;;/m11..../s1. The highest BCUT2D eigenvalue weighted by Gasteiger charge is 2.59. The number of aliphatic hydroxyl groups excluding tert-OH is 3. The van der Waals surface area contributed by atoms with Gasteiger partial charge in [0.05, 0.1) is 42.3 Å². The van der Waals surface area contributed by atoms with Crippen molar-refractivity contribution in [3.63, 3.8) is 0 Å². The van der Waals surface area contributed by atoms with Crippen LogP contribution < -0.4 is 42.4 Å². The molecule has 1 aliphatic heterocycles. The molecule has 4 unspecified atom stereocenters. The van der Waals surface area contributed by atoms with E-state index in [1.807, 2.05) is 83.1 Å². The number of nitrogen functional groups attached to an aromatic ring is 1. The average Bonchev–Trinajstić information content (AvgIpc) is 1.29. The molecule has 2 aliphatic carbocycles. The number of nitrogens with two attached hydrogens (primary N) is 1. The number of nitrogens with one attached hydrogen (secondary N) is 3. The number of para-hydroxylation sites is 2. The van der Waals surface area contributed by atoms with Gasteiger partial charge in [-0.25, -0.2) is 41.6 Å². The third-order valence-corrected chi connectivity index (χ3v) is 18.6. The lowest BCUT2D eigenvalue weighted by Crippen LogP contribution is -2.46. The van der Waals surface area contributed by atoms with E-state index in [4.69, 9.17) is 99.2 Å². The fraction of sp³-hybridized carbons (Fsp3) is 0.776. The molecule has 1 aromatic carbocycles. The predicted molar refractivity (Wildman–Crippen MR) is 407 cm³/mol. The van der Waals surface area contributed by atoms with Gasteiger partial charge >= 0.3 is 25.0 Å². The van der Waals surface area contributed by atoms with Gasteiger partial charge in [-0.3, -0.25) is 28.8 Å². The van der Waals surface area contributed by atoms with Gasteiger partial charge in [0.25, 0.3) is 17.4 Å². The molecule has 7 rings (SSSR count). The van der Waals surface area contributed by atoms with E-state index in [9.17, 15) is 52.3 Å². The zero-order chi connectivity index (χ0) is 79.8. The highest BCUT2D eigenvalue weighted by atomic mass is 35.5. The van der Waals surface area contributed by atoms with Crippen molar-refractivity contribution in [3.05, 3.63) is 80.2 Å². The topological polar surface area (TPSA) is 323 Å². The van der Waals surface area contributed by atoms with E-state index in [0.29, 0.717) is 89.0 Å². The molecule has 26 nitrogen and oxygen atoms in total. The van der Waals surface area contributed by atoms with Crippen molar-refractivity contribution in [1.82, 2.24) is 43.8 Å². The van der Waals surface area contributed by atoms with Crippen LogP contribution in [0.3, 0.4) is 0 Å². The number of halogens is 10. The summed E-state index contributed by atoms with van der Waals surface area (Å²) in [7, 11) is -3.11. The number of ether oxygens (including phenoxy) is 3. The van der Waals surface area contributed by atoms with Gasteiger partial charge in [-0.05, 0) is 156 Å². The summed E-state index contributed by atoms with van der Waals surface area (Å²) in [5, 5.41) is 64.8. The summed E-state index contributed by atoms with van der Waals surface area (Å²) in [6.45, 7) is 40.1. The molecule has 0 spiro atoms. The average molecular weight is 1630 g/mol. The summed E-state index contributed by atoms with van der Waals surface area (Å²) in [6, 6.07) is 6.30.